The minimum absolute atomic E-state index is 0.173. The van der Waals surface area contributed by atoms with Crippen molar-refractivity contribution in [1.29, 1.82) is 0 Å². The smallest absolute Gasteiger partial charge is 0.305 e. The number of allylic oxidation sites excluding steroid dienone is 1. The molecule has 0 aliphatic heterocycles. The molecule has 0 radical (unpaired) electrons. The lowest BCUT2D eigenvalue weighted by atomic mass is 10.1. The molecule has 11 heavy (non-hydrogen) atoms. The van der Waals surface area contributed by atoms with E-state index < -0.39 is 12.1 Å². The largest absolute Gasteiger partial charge is 0.481 e. The lowest BCUT2D eigenvalue weighted by Crippen LogP contribution is -2.12. The fraction of sp³-hybridized carbons (Fsp3) is 0.625. The summed E-state index contributed by atoms with van der Waals surface area (Å²) in [4.78, 5) is 10.1. The van der Waals surface area contributed by atoms with Crippen LogP contribution in [0.4, 0.5) is 0 Å². The molecule has 0 aromatic carbocycles. The molecule has 0 aliphatic carbocycles. The van der Waals surface area contributed by atoms with Crippen molar-refractivity contribution >= 4 is 5.97 Å². The fourth-order valence-corrected chi connectivity index (χ4v) is 0.717. The summed E-state index contributed by atoms with van der Waals surface area (Å²) in [5.74, 6) is -0.959. The van der Waals surface area contributed by atoms with E-state index in [0.29, 0.717) is 12.8 Å². The number of aliphatic carboxylic acids is 1. The van der Waals surface area contributed by atoms with Crippen molar-refractivity contribution in [3.05, 3.63) is 12.2 Å². The number of hydrogen-bond acceptors (Lipinski definition) is 2. The second-order valence-electron chi connectivity index (χ2n) is 2.75. The zero-order valence-corrected chi connectivity index (χ0v) is 6.71. The van der Waals surface area contributed by atoms with Crippen LogP contribution in [0.5, 0.6) is 0 Å². The van der Waals surface area contributed by atoms with Crippen LogP contribution in [0.25, 0.3) is 0 Å². The molecule has 0 aromatic heterocycles. The van der Waals surface area contributed by atoms with Crippen LogP contribution < -0.4 is 0 Å². The number of aliphatic hydroxyl groups excluding tert-OH is 1. The molecule has 0 heterocycles. The Balaban J connectivity index is 3.44. The Morgan fingerprint density at radius 1 is 1.64 bits per heavy atom. The maximum Gasteiger partial charge on any atom is 0.305 e. The third-order valence-electron chi connectivity index (χ3n) is 1.31. The van der Waals surface area contributed by atoms with Crippen LogP contribution in [0.1, 0.15) is 26.2 Å². The van der Waals surface area contributed by atoms with Crippen molar-refractivity contribution in [2.75, 3.05) is 0 Å². The van der Waals surface area contributed by atoms with E-state index in [4.69, 9.17) is 10.2 Å². The Hall–Kier alpha value is -0.830. The van der Waals surface area contributed by atoms with E-state index in [1.54, 1.807) is 0 Å². The minimum atomic E-state index is -0.959. The van der Waals surface area contributed by atoms with E-state index in [1.165, 1.54) is 0 Å². The second-order valence-corrected chi connectivity index (χ2v) is 2.75. The highest BCUT2D eigenvalue weighted by atomic mass is 16.4. The number of carboxylic acids is 1. The summed E-state index contributed by atoms with van der Waals surface area (Å²) in [6, 6.07) is 0. The molecule has 1 unspecified atom stereocenters. The van der Waals surface area contributed by atoms with E-state index in [2.05, 4.69) is 6.58 Å². The molecule has 1 atom stereocenters. The molecule has 0 saturated heterocycles. The van der Waals surface area contributed by atoms with Crippen molar-refractivity contribution in [1.82, 2.24) is 0 Å². The summed E-state index contributed by atoms with van der Waals surface area (Å²) in [5.41, 5.74) is 0.967. The fourth-order valence-electron chi connectivity index (χ4n) is 0.717. The van der Waals surface area contributed by atoms with Crippen LogP contribution in [0, 0.1) is 0 Å². The molecular weight excluding hydrogens is 144 g/mol. The van der Waals surface area contributed by atoms with Crippen molar-refractivity contribution in [3.8, 4) is 0 Å². The Labute approximate surface area is 66.4 Å². The molecule has 0 amide bonds. The lowest BCUT2D eigenvalue weighted by Gasteiger charge is -2.06. The summed E-state index contributed by atoms with van der Waals surface area (Å²) in [5, 5.41) is 17.3. The molecule has 0 saturated carbocycles. The first-order valence-corrected chi connectivity index (χ1v) is 3.56. The first-order valence-electron chi connectivity index (χ1n) is 3.56. The monoisotopic (exact) mass is 158 g/mol. The van der Waals surface area contributed by atoms with Gasteiger partial charge in [-0.3, -0.25) is 4.79 Å². The van der Waals surface area contributed by atoms with Gasteiger partial charge in [-0.25, -0.2) is 0 Å². The molecule has 0 bridgehead atoms. The number of carbonyl (C=O) groups is 1. The summed E-state index contributed by atoms with van der Waals surface area (Å²) in [7, 11) is 0. The number of aliphatic hydroxyl groups is 1. The third-order valence-corrected chi connectivity index (χ3v) is 1.31. The summed E-state index contributed by atoms with van der Waals surface area (Å²) < 4.78 is 0. The highest BCUT2D eigenvalue weighted by Crippen LogP contribution is 2.06. The summed E-state index contributed by atoms with van der Waals surface area (Å²) in [6.45, 7) is 5.50. The Bertz CT molecular complexity index is 151. The minimum Gasteiger partial charge on any atom is -0.481 e. The van der Waals surface area contributed by atoms with E-state index in [1.807, 2.05) is 6.92 Å². The zero-order chi connectivity index (χ0) is 8.85. The second kappa shape index (κ2) is 4.91. The van der Waals surface area contributed by atoms with Gasteiger partial charge in [0.15, 0.2) is 0 Å². The van der Waals surface area contributed by atoms with Gasteiger partial charge in [0.25, 0.3) is 0 Å². The van der Waals surface area contributed by atoms with Crippen molar-refractivity contribution in [3.63, 3.8) is 0 Å². The van der Waals surface area contributed by atoms with E-state index in [-0.39, 0.29) is 6.42 Å². The highest BCUT2D eigenvalue weighted by molar-refractivity contribution is 5.67. The van der Waals surface area contributed by atoms with Gasteiger partial charge in [0.05, 0.1) is 12.5 Å². The molecule has 0 spiro atoms. The van der Waals surface area contributed by atoms with Crippen LogP contribution in [-0.4, -0.2) is 22.3 Å². The van der Waals surface area contributed by atoms with Crippen molar-refractivity contribution < 1.29 is 15.0 Å². The molecule has 3 heteroatoms. The van der Waals surface area contributed by atoms with Crippen LogP contribution in [0.15, 0.2) is 12.2 Å². The van der Waals surface area contributed by atoms with Crippen molar-refractivity contribution in [2.24, 2.45) is 0 Å². The molecule has 0 fully saturated rings. The van der Waals surface area contributed by atoms with Crippen LogP contribution >= 0.6 is 0 Å². The van der Waals surface area contributed by atoms with Gasteiger partial charge in [-0.15, -0.1) is 6.58 Å². The molecular formula is C8H14O3. The Morgan fingerprint density at radius 2 is 2.18 bits per heavy atom. The SMILES string of the molecule is C=C(C)CCC(O)CC(=O)O. The summed E-state index contributed by atoms with van der Waals surface area (Å²) in [6.07, 6.45) is 0.271. The maximum absolute atomic E-state index is 10.1. The molecule has 0 aliphatic rings. The third kappa shape index (κ3) is 7.06. The van der Waals surface area contributed by atoms with Gasteiger partial charge in [0.2, 0.25) is 0 Å². The lowest BCUT2D eigenvalue weighted by molar-refractivity contribution is -0.139. The Kier molecular flexibility index (Phi) is 4.54. The van der Waals surface area contributed by atoms with Gasteiger partial charge in [-0.2, -0.15) is 0 Å². The Morgan fingerprint density at radius 3 is 2.55 bits per heavy atom. The van der Waals surface area contributed by atoms with Crippen LogP contribution in [0.3, 0.4) is 0 Å². The van der Waals surface area contributed by atoms with E-state index >= 15 is 0 Å². The number of carboxylic acid groups (broad SMARTS) is 1. The summed E-state index contributed by atoms with van der Waals surface area (Å²) >= 11 is 0. The van der Waals surface area contributed by atoms with Gasteiger partial charge in [-0.05, 0) is 19.8 Å². The predicted octanol–water partition coefficient (Wildman–Crippen LogP) is 1.18. The first kappa shape index (κ1) is 10.2. The zero-order valence-electron chi connectivity index (χ0n) is 6.71. The maximum atomic E-state index is 10.1. The van der Waals surface area contributed by atoms with Crippen LogP contribution in [0.2, 0.25) is 0 Å². The van der Waals surface area contributed by atoms with Crippen LogP contribution in [-0.2, 0) is 4.79 Å². The number of rotatable bonds is 5. The van der Waals surface area contributed by atoms with Gasteiger partial charge in [0, 0.05) is 0 Å². The quantitative estimate of drug-likeness (QED) is 0.590. The van der Waals surface area contributed by atoms with Crippen molar-refractivity contribution in [2.45, 2.75) is 32.3 Å². The van der Waals surface area contributed by atoms with E-state index in [9.17, 15) is 4.79 Å². The van der Waals surface area contributed by atoms with Gasteiger partial charge in [0.1, 0.15) is 0 Å². The van der Waals surface area contributed by atoms with Gasteiger partial charge < -0.3 is 10.2 Å². The average molecular weight is 158 g/mol. The number of hydrogen-bond donors (Lipinski definition) is 2. The molecule has 3 nitrogen and oxygen atoms in total. The molecule has 2 N–H and O–H groups in total. The predicted molar refractivity (Wildman–Crippen MR) is 42.3 cm³/mol. The van der Waals surface area contributed by atoms with Gasteiger partial charge >= 0.3 is 5.97 Å². The van der Waals surface area contributed by atoms with E-state index in [0.717, 1.165) is 5.57 Å². The molecule has 0 rings (SSSR count). The topological polar surface area (TPSA) is 57.5 Å². The molecule has 64 valence electrons. The standard InChI is InChI=1S/C8H14O3/c1-6(2)3-4-7(9)5-8(10)11/h7,9H,1,3-5H2,2H3,(H,10,11). The normalized spacial score (nSPS) is 12.5. The first-order chi connectivity index (χ1) is 5.02. The average Bonchev–Trinajstić information content (AvgIpc) is 1.82. The molecule has 0 aromatic rings. The van der Waals surface area contributed by atoms with Gasteiger partial charge in [-0.1, -0.05) is 5.57 Å². The highest BCUT2D eigenvalue weighted by Gasteiger charge is 2.08.